The maximum Gasteiger partial charge on any atom is 0.169 e. The number of hydrogen-bond donors (Lipinski definition) is 1. The third kappa shape index (κ3) is 2.40. The molecule has 102 valence electrons. The third-order valence-corrected chi connectivity index (χ3v) is 5.29. The first-order valence-electron chi connectivity index (χ1n) is 6.48. The Hall–Kier alpha value is -0.620. The smallest absolute Gasteiger partial charge is 0.169 e. The van der Waals surface area contributed by atoms with E-state index in [1.54, 1.807) is 0 Å². The predicted octanol–water partition coefficient (Wildman–Crippen LogP) is 3.72. The number of furan rings is 1. The van der Waals surface area contributed by atoms with Crippen LogP contribution in [0.3, 0.4) is 0 Å². The standard InChI is InChI=1S/C14H17BrN2OS/c1-9-10-5-7-19-13(10)4-6-17(9)11(8-16)12-2-3-14(15)18-12/h2-3,5,7,9,11H,4,6,8,16H2,1H3. The van der Waals surface area contributed by atoms with Crippen LogP contribution in [0.2, 0.25) is 0 Å². The van der Waals surface area contributed by atoms with E-state index < -0.39 is 0 Å². The molecule has 0 amide bonds. The van der Waals surface area contributed by atoms with E-state index in [9.17, 15) is 0 Å². The van der Waals surface area contributed by atoms with Gasteiger partial charge in [0.05, 0.1) is 6.04 Å². The van der Waals surface area contributed by atoms with Gasteiger partial charge in [0, 0.05) is 24.0 Å². The fraction of sp³-hybridized carbons (Fsp3) is 0.429. The Kier molecular flexibility index (Phi) is 3.80. The van der Waals surface area contributed by atoms with Crippen molar-refractivity contribution in [1.82, 2.24) is 4.90 Å². The Bertz CT molecular complexity index is 565. The molecule has 0 saturated carbocycles. The molecule has 3 nitrogen and oxygen atoms in total. The lowest BCUT2D eigenvalue weighted by molar-refractivity contribution is 0.122. The van der Waals surface area contributed by atoms with Gasteiger partial charge in [-0.05, 0) is 58.4 Å². The van der Waals surface area contributed by atoms with Crippen LogP contribution in [0.1, 0.15) is 35.2 Å². The van der Waals surface area contributed by atoms with E-state index in [0.717, 1.165) is 23.4 Å². The van der Waals surface area contributed by atoms with E-state index in [1.807, 2.05) is 23.5 Å². The molecule has 0 spiro atoms. The van der Waals surface area contributed by atoms with E-state index in [4.69, 9.17) is 10.2 Å². The minimum Gasteiger partial charge on any atom is -0.453 e. The zero-order valence-electron chi connectivity index (χ0n) is 10.8. The summed E-state index contributed by atoms with van der Waals surface area (Å²) >= 11 is 5.23. The zero-order chi connectivity index (χ0) is 13.4. The summed E-state index contributed by atoms with van der Waals surface area (Å²) in [5.41, 5.74) is 7.43. The van der Waals surface area contributed by atoms with Crippen molar-refractivity contribution in [1.29, 1.82) is 0 Å². The lowest BCUT2D eigenvalue weighted by Gasteiger charge is -2.38. The van der Waals surface area contributed by atoms with Gasteiger partial charge in [0.1, 0.15) is 5.76 Å². The third-order valence-electron chi connectivity index (χ3n) is 3.87. The summed E-state index contributed by atoms with van der Waals surface area (Å²) in [5.74, 6) is 0.944. The van der Waals surface area contributed by atoms with Gasteiger partial charge in [-0.3, -0.25) is 4.90 Å². The maximum absolute atomic E-state index is 5.99. The molecule has 19 heavy (non-hydrogen) atoms. The van der Waals surface area contributed by atoms with Gasteiger partial charge in [0.15, 0.2) is 4.67 Å². The molecular weight excluding hydrogens is 324 g/mol. The number of fused-ring (bicyclic) bond motifs is 1. The second-order valence-corrected chi connectivity index (χ2v) is 6.64. The van der Waals surface area contributed by atoms with Crippen LogP contribution >= 0.6 is 27.3 Å². The SMILES string of the molecule is CC1c2ccsc2CCN1C(CN)c1ccc(Br)o1. The molecule has 5 heteroatoms. The maximum atomic E-state index is 5.99. The van der Waals surface area contributed by atoms with Crippen molar-refractivity contribution in [3.05, 3.63) is 44.4 Å². The van der Waals surface area contributed by atoms with Crippen molar-refractivity contribution >= 4 is 27.3 Å². The Morgan fingerprint density at radius 2 is 2.37 bits per heavy atom. The molecule has 2 unspecified atom stereocenters. The Morgan fingerprint density at radius 1 is 1.53 bits per heavy atom. The van der Waals surface area contributed by atoms with E-state index in [-0.39, 0.29) is 6.04 Å². The monoisotopic (exact) mass is 340 g/mol. The quantitative estimate of drug-likeness (QED) is 0.925. The van der Waals surface area contributed by atoms with Crippen molar-refractivity contribution < 1.29 is 4.42 Å². The highest BCUT2D eigenvalue weighted by Gasteiger charge is 2.31. The first-order valence-corrected chi connectivity index (χ1v) is 8.15. The Morgan fingerprint density at radius 3 is 3.05 bits per heavy atom. The molecule has 2 aromatic heterocycles. The van der Waals surface area contributed by atoms with E-state index >= 15 is 0 Å². The first kappa shape index (κ1) is 13.4. The summed E-state index contributed by atoms with van der Waals surface area (Å²) in [7, 11) is 0. The highest BCUT2D eigenvalue weighted by atomic mass is 79.9. The van der Waals surface area contributed by atoms with Crippen molar-refractivity contribution in [2.24, 2.45) is 5.73 Å². The fourth-order valence-corrected chi connectivity index (χ4v) is 4.16. The van der Waals surface area contributed by atoms with Crippen LogP contribution in [0.5, 0.6) is 0 Å². The largest absolute Gasteiger partial charge is 0.453 e. The van der Waals surface area contributed by atoms with E-state index in [1.165, 1.54) is 10.4 Å². The van der Waals surface area contributed by atoms with Crippen LogP contribution in [0, 0.1) is 0 Å². The average Bonchev–Trinajstić information content (AvgIpc) is 3.02. The second kappa shape index (κ2) is 5.40. The number of thiophene rings is 1. The highest BCUT2D eigenvalue weighted by Crippen LogP contribution is 2.38. The van der Waals surface area contributed by atoms with Crippen LogP contribution in [0.4, 0.5) is 0 Å². The normalized spacial score (nSPS) is 21.3. The summed E-state index contributed by atoms with van der Waals surface area (Å²) in [4.78, 5) is 3.96. The highest BCUT2D eigenvalue weighted by molar-refractivity contribution is 9.10. The Labute approximate surface area is 125 Å². The molecular formula is C14H17BrN2OS. The summed E-state index contributed by atoms with van der Waals surface area (Å²) in [6.45, 7) is 3.87. The molecule has 2 atom stereocenters. The molecule has 3 rings (SSSR count). The molecule has 0 radical (unpaired) electrons. The van der Waals surface area contributed by atoms with Crippen LogP contribution < -0.4 is 5.73 Å². The summed E-state index contributed by atoms with van der Waals surface area (Å²) < 4.78 is 6.47. The van der Waals surface area contributed by atoms with Crippen LogP contribution in [0.25, 0.3) is 0 Å². The minimum absolute atomic E-state index is 0.148. The van der Waals surface area contributed by atoms with Gasteiger partial charge in [-0.1, -0.05) is 0 Å². The van der Waals surface area contributed by atoms with Crippen molar-refractivity contribution in [2.45, 2.75) is 25.4 Å². The first-order chi connectivity index (χ1) is 9.20. The van der Waals surface area contributed by atoms with Crippen molar-refractivity contribution in [3.63, 3.8) is 0 Å². The molecule has 3 heterocycles. The zero-order valence-corrected chi connectivity index (χ0v) is 13.2. The molecule has 0 bridgehead atoms. The molecule has 0 saturated heterocycles. The van der Waals surface area contributed by atoms with Crippen molar-refractivity contribution in [3.8, 4) is 0 Å². The van der Waals surface area contributed by atoms with Gasteiger partial charge in [-0.15, -0.1) is 11.3 Å². The van der Waals surface area contributed by atoms with Crippen LogP contribution in [-0.4, -0.2) is 18.0 Å². The lowest BCUT2D eigenvalue weighted by atomic mass is 9.98. The van der Waals surface area contributed by atoms with Crippen LogP contribution in [-0.2, 0) is 6.42 Å². The molecule has 0 aliphatic carbocycles. The molecule has 1 aliphatic heterocycles. The number of halogens is 1. The Balaban J connectivity index is 1.89. The fourth-order valence-electron chi connectivity index (χ4n) is 2.88. The van der Waals surface area contributed by atoms with Gasteiger partial charge in [0.25, 0.3) is 0 Å². The summed E-state index contributed by atoms with van der Waals surface area (Å²) in [5, 5.41) is 2.19. The van der Waals surface area contributed by atoms with Gasteiger partial charge in [-0.25, -0.2) is 0 Å². The summed E-state index contributed by atoms with van der Waals surface area (Å²) in [6.07, 6.45) is 1.11. The van der Waals surface area contributed by atoms with Gasteiger partial charge in [0.2, 0.25) is 0 Å². The number of nitrogens with zero attached hydrogens (tertiary/aromatic N) is 1. The number of nitrogens with two attached hydrogens (primary N) is 1. The average molecular weight is 341 g/mol. The molecule has 2 N–H and O–H groups in total. The van der Waals surface area contributed by atoms with E-state index in [2.05, 4.69) is 39.2 Å². The molecule has 1 aliphatic rings. The molecule has 2 aromatic rings. The van der Waals surface area contributed by atoms with Crippen LogP contribution in [0.15, 0.2) is 32.7 Å². The number of rotatable bonds is 3. The predicted molar refractivity (Wildman–Crippen MR) is 81.3 cm³/mol. The summed E-state index contributed by atoms with van der Waals surface area (Å²) in [6, 6.07) is 6.73. The van der Waals surface area contributed by atoms with Crippen molar-refractivity contribution in [2.75, 3.05) is 13.1 Å². The van der Waals surface area contributed by atoms with Gasteiger partial charge >= 0.3 is 0 Å². The molecule has 0 fully saturated rings. The second-order valence-electron chi connectivity index (χ2n) is 4.86. The molecule has 0 aromatic carbocycles. The minimum atomic E-state index is 0.148. The van der Waals surface area contributed by atoms with Gasteiger partial charge in [-0.2, -0.15) is 0 Å². The van der Waals surface area contributed by atoms with E-state index in [0.29, 0.717) is 12.6 Å². The lowest BCUT2D eigenvalue weighted by Crippen LogP contribution is -2.39. The number of hydrogen-bond acceptors (Lipinski definition) is 4. The van der Waals surface area contributed by atoms with Gasteiger partial charge < -0.3 is 10.2 Å². The topological polar surface area (TPSA) is 42.4 Å².